The van der Waals surface area contributed by atoms with Crippen LogP contribution in [0.4, 0.5) is 0 Å². The number of carbonyl (C=O) groups excluding carboxylic acids is 1. The highest BCUT2D eigenvalue weighted by molar-refractivity contribution is 5.78. The second-order valence-corrected chi connectivity index (χ2v) is 5.64. The molecular formula is C14H26N2O2. The van der Waals surface area contributed by atoms with E-state index in [2.05, 4.69) is 10.2 Å². The van der Waals surface area contributed by atoms with Crippen molar-refractivity contribution < 1.29 is 9.90 Å². The maximum atomic E-state index is 11.8. The Bertz CT molecular complexity index is 265. The standard InChI is InChI=1S/C14H26N2O2/c17-11-13-7-3-9-16(13)10-4-8-15-14(18)12-5-1-2-6-12/h12-13,17H,1-11H2,(H,15,18). The Morgan fingerprint density at radius 2 is 2.00 bits per heavy atom. The smallest absolute Gasteiger partial charge is 0.223 e. The molecule has 1 saturated heterocycles. The zero-order valence-corrected chi connectivity index (χ0v) is 11.2. The minimum atomic E-state index is 0.257. The lowest BCUT2D eigenvalue weighted by Crippen LogP contribution is -2.36. The first-order valence-electron chi connectivity index (χ1n) is 7.44. The van der Waals surface area contributed by atoms with Gasteiger partial charge >= 0.3 is 0 Å². The van der Waals surface area contributed by atoms with Crippen molar-refractivity contribution in [3.05, 3.63) is 0 Å². The summed E-state index contributed by atoms with van der Waals surface area (Å²) in [4.78, 5) is 14.1. The third-order valence-electron chi connectivity index (χ3n) is 4.36. The molecule has 2 rings (SSSR count). The van der Waals surface area contributed by atoms with Crippen LogP contribution in [0.25, 0.3) is 0 Å². The van der Waals surface area contributed by atoms with E-state index in [0.717, 1.165) is 45.3 Å². The van der Waals surface area contributed by atoms with E-state index in [4.69, 9.17) is 0 Å². The Morgan fingerprint density at radius 3 is 2.72 bits per heavy atom. The zero-order valence-electron chi connectivity index (χ0n) is 11.2. The van der Waals surface area contributed by atoms with Crippen LogP contribution in [0.2, 0.25) is 0 Å². The summed E-state index contributed by atoms with van der Waals surface area (Å²) in [7, 11) is 0. The average molecular weight is 254 g/mol. The molecule has 1 amide bonds. The summed E-state index contributed by atoms with van der Waals surface area (Å²) in [6.45, 7) is 3.15. The van der Waals surface area contributed by atoms with E-state index < -0.39 is 0 Å². The van der Waals surface area contributed by atoms with Gasteiger partial charge in [0.1, 0.15) is 0 Å². The Morgan fingerprint density at radius 1 is 1.22 bits per heavy atom. The second-order valence-electron chi connectivity index (χ2n) is 5.64. The van der Waals surface area contributed by atoms with Crippen LogP contribution in [0.5, 0.6) is 0 Å². The fraction of sp³-hybridized carbons (Fsp3) is 0.929. The highest BCUT2D eigenvalue weighted by Gasteiger charge is 2.24. The van der Waals surface area contributed by atoms with Crippen LogP contribution in [0.3, 0.4) is 0 Å². The average Bonchev–Trinajstić information content (AvgIpc) is 3.04. The highest BCUT2D eigenvalue weighted by Crippen LogP contribution is 2.24. The van der Waals surface area contributed by atoms with E-state index in [1.165, 1.54) is 19.3 Å². The van der Waals surface area contributed by atoms with Gasteiger partial charge in [-0.15, -0.1) is 0 Å². The van der Waals surface area contributed by atoms with Crippen LogP contribution in [-0.2, 0) is 4.79 Å². The predicted octanol–water partition coefficient (Wildman–Crippen LogP) is 1.14. The molecule has 4 nitrogen and oxygen atoms in total. The maximum absolute atomic E-state index is 11.8. The predicted molar refractivity (Wildman–Crippen MR) is 71.3 cm³/mol. The number of rotatable bonds is 6. The molecular weight excluding hydrogens is 228 g/mol. The van der Waals surface area contributed by atoms with Crippen molar-refractivity contribution in [2.24, 2.45) is 5.92 Å². The number of amides is 1. The fourth-order valence-electron chi connectivity index (χ4n) is 3.22. The highest BCUT2D eigenvalue weighted by atomic mass is 16.3. The third-order valence-corrected chi connectivity index (χ3v) is 4.36. The molecule has 2 N–H and O–H groups in total. The first-order chi connectivity index (χ1) is 8.81. The molecule has 1 aliphatic heterocycles. The molecule has 0 aromatic carbocycles. The second kappa shape index (κ2) is 7.10. The molecule has 1 heterocycles. The minimum absolute atomic E-state index is 0.257. The van der Waals surface area contributed by atoms with Gasteiger partial charge in [-0.2, -0.15) is 0 Å². The lowest BCUT2D eigenvalue weighted by molar-refractivity contribution is -0.124. The van der Waals surface area contributed by atoms with Gasteiger partial charge in [0, 0.05) is 25.0 Å². The number of aliphatic hydroxyl groups excluding tert-OH is 1. The maximum Gasteiger partial charge on any atom is 0.223 e. The van der Waals surface area contributed by atoms with Crippen molar-refractivity contribution in [3.63, 3.8) is 0 Å². The molecule has 0 radical (unpaired) electrons. The van der Waals surface area contributed by atoms with Crippen molar-refractivity contribution in [2.75, 3.05) is 26.2 Å². The van der Waals surface area contributed by atoms with Crippen molar-refractivity contribution >= 4 is 5.91 Å². The summed E-state index contributed by atoms with van der Waals surface area (Å²) in [5, 5.41) is 12.3. The SMILES string of the molecule is O=C(NCCCN1CCCC1CO)C1CCCC1. The lowest BCUT2D eigenvalue weighted by Gasteiger charge is -2.22. The molecule has 1 atom stereocenters. The van der Waals surface area contributed by atoms with Crippen LogP contribution in [0.15, 0.2) is 0 Å². The van der Waals surface area contributed by atoms with Crippen LogP contribution in [-0.4, -0.2) is 48.2 Å². The van der Waals surface area contributed by atoms with E-state index in [1.807, 2.05) is 0 Å². The van der Waals surface area contributed by atoms with Crippen LogP contribution >= 0.6 is 0 Å². The third kappa shape index (κ3) is 3.69. The van der Waals surface area contributed by atoms with Gasteiger partial charge in [-0.25, -0.2) is 0 Å². The fourth-order valence-corrected chi connectivity index (χ4v) is 3.22. The van der Waals surface area contributed by atoms with Gasteiger partial charge in [0.05, 0.1) is 6.61 Å². The molecule has 0 aromatic heterocycles. The topological polar surface area (TPSA) is 52.6 Å². The van der Waals surface area contributed by atoms with Crippen LogP contribution in [0.1, 0.15) is 44.9 Å². The van der Waals surface area contributed by atoms with Gasteiger partial charge in [-0.05, 0) is 38.6 Å². The van der Waals surface area contributed by atoms with Crippen LogP contribution in [0, 0.1) is 5.92 Å². The van der Waals surface area contributed by atoms with Crippen LogP contribution < -0.4 is 5.32 Å². The Kier molecular flexibility index (Phi) is 5.45. The van der Waals surface area contributed by atoms with E-state index in [1.54, 1.807) is 0 Å². The molecule has 104 valence electrons. The first-order valence-corrected chi connectivity index (χ1v) is 7.44. The first kappa shape index (κ1) is 13.8. The minimum Gasteiger partial charge on any atom is -0.395 e. The van der Waals surface area contributed by atoms with E-state index in [0.29, 0.717) is 6.04 Å². The number of likely N-dealkylation sites (tertiary alicyclic amines) is 1. The molecule has 4 heteroatoms. The number of hydrogen-bond donors (Lipinski definition) is 2. The largest absolute Gasteiger partial charge is 0.395 e. The summed E-state index contributed by atoms with van der Waals surface area (Å²) >= 11 is 0. The molecule has 0 bridgehead atoms. The van der Waals surface area contributed by atoms with Crippen molar-refractivity contribution in [3.8, 4) is 0 Å². The number of nitrogens with zero attached hydrogens (tertiary/aromatic N) is 1. The lowest BCUT2D eigenvalue weighted by atomic mass is 10.1. The number of nitrogens with one attached hydrogen (secondary N) is 1. The summed E-state index contributed by atoms with van der Waals surface area (Å²) in [5.41, 5.74) is 0. The van der Waals surface area contributed by atoms with Crippen molar-refractivity contribution in [1.82, 2.24) is 10.2 Å². The molecule has 0 spiro atoms. The van der Waals surface area contributed by atoms with Gasteiger partial charge in [-0.3, -0.25) is 9.69 Å². The summed E-state index contributed by atoms with van der Waals surface area (Å²) in [6.07, 6.45) is 7.88. The Balaban J connectivity index is 1.56. The van der Waals surface area contributed by atoms with Gasteiger partial charge < -0.3 is 10.4 Å². The molecule has 1 saturated carbocycles. The molecule has 1 unspecified atom stereocenters. The van der Waals surface area contributed by atoms with Gasteiger partial charge in [-0.1, -0.05) is 12.8 Å². The number of aliphatic hydroxyl groups is 1. The molecule has 2 fully saturated rings. The van der Waals surface area contributed by atoms with Crippen molar-refractivity contribution in [1.29, 1.82) is 0 Å². The Labute approximate surface area is 110 Å². The van der Waals surface area contributed by atoms with Crippen molar-refractivity contribution in [2.45, 2.75) is 51.0 Å². The Hall–Kier alpha value is -0.610. The number of hydrogen-bond acceptors (Lipinski definition) is 3. The molecule has 0 aromatic rings. The van der Waals surface area contributed by atoms with E-state index in [-0.39, 0.29) is 18.4 Å². The van der Waals surface area contributed by atoms with E-state index in [9.17, 15) is 9.90 Å². The monoisotopic (exact) mass is 254 g/mol. The summed E-state index contributed by atoms with van der Waals surface area (Å²) in [5.74, 6) is 0.537. The van der Waals surface area contributed by atoms with Gasteiger partial charge in [0.15, 0.2) is 0 Å². The number of carbonyl (C=O) groups is 1. The molecule has 18 heavy (non-hydrogen) atoms. The zero-order chi connectivity index (χ0) is 12.8. The quantitative estimate of drug-likeness (QED) is 0.699. The van der Waals surface area contributed by atoms with E-state index >= 15 is 0 Å². The van der Waals surface area contributed by atoms with Gasteiger partial charge in [0.2, 0.25) is 5.91 Å². The molecule has 1 aliphatic carbocycles. The summed E-state index contributed by atoms with van der Waals surface area (Å²) in [6, 6.07) is 0.357. The van der Waals surface area contributed by atoms with Gasteiger partial charge in [0.25, 0.3) is 0 Å². The normalized spacial score (nSPS) is 25.7. The molecule has 2 aliphatic rings. The summed E-state index contributed by atoms with van der Waals surface area (Å²) < 4.78 is 0.